The Morgan fingerprint density at radius 3 is 1.67 bits per heavy atom. The van der Waals surface area contributed by atoms with Gasteiger partial charge in [-0.3, -0.25) is 0 Å². The quantitative estimate of drug-likeness (QED) is 0.435. The highest BCUT2D eigenvalue weighted by molar-refractivity contribution is 6.07. The number of allylic oxidation sites excluding steroid dienone is 4. The molecule has 0 aliphatic heterocycles. The fraction of sp³-hybridized carbons (Fsp3) is 0.0400. The van der Waals surface area contributed by atoms with Crippen molar-refractivity contribution in [1.82, 2.24) is 0 Å². The second-order valence-electron chi connectivity index (χ2n) is 6.83. The Kier molecular flexibility index (Phi) is 3.51. The Morgan fingerprint density at radius 1 is 0.556 bits per heavy atom. The summed E-state index contributed by atoms with van der Waals surface area (Å²) in [7, 11) is 0. The molecule has 0 saturated carbocycles. The maximum Gasteiger partial charge on any atom is 0.123 e. The van der Waals surface area contributed by atoms with Gasteiger partial charge < -0.3 is 10.2 Å². The van der Waals surface area contributed by atoms with E-state index in [1.807, 2.05) is 30.3 Å². The van der Waals surface area contributed by atoms with Crippen LogP contribution in [-0.4, -0.2) is 10.2 Å². The molecule has 2 N–H and O–H groups in total. The Balaban J connectivity index is 1.86. The predicted octanol–water partition coefficient (Wildman–Crippen LogP) is 6.10. The zero-order valence-corrected chi connectivity index (χ0v) is 14.7. The van der Waals surface area contributed by atoms with Gasteiger partial charge in [-0.25, -0.2) is 0 Å². The fourth-order valence-electron chi connectivity index (χ4n) is 4.18. The highest BCUT2D eigenvalue weighted by Crippen LogP contribution is 2.50. The number of aliphatic hydroxyl groups excluding tert-OH is 1. The fourth-order valence-corrected chi connectivity index (χ4v) is 4.18. The smallest absolute Gasteiger partial charge is 0.123 e. The minimum Gasteiger partial charge on any atom is -0.507 e. The van der Waals surface area contributed by atoms with Crippen LogP contribution in [-0.2, 0) is 0 Å². The Labute approximate surface area is 158 Å². The molecule has 0 saturated heterocycles. The van der Waals surface area contributed by atoms with Gasteiger partial charge in [0.15, 0.2) is 0 Å². The Bertz CT molecular complexity index is 1110. The van der Waals surface area contributed by atoms with Gasteiger partial charge >= 0.3 is 0 Å². The van der Waals surface area contributed by atoms with E-state index >= 15 is 0 Å². The van der Waals surface area contributed by atoms with Crippen LogP contribution in [0.3, 0.4) is 0 Å². The largest absolute Gasteiger partial charge is 0.507 e. The van der Waals surface area contributed by atoms with Gasteiger partial charge in [0, 0.05) is 11.1 Å². The molecule has 5 rings (SSSR count). The number of para-hydroxylation sites is 1. The molecule has 0 amide bonds. The standard InChI is InChI=1S/C25H18O2/c26-22-14-6-5-12-20(22)25-21(13-7-15-23(25)27)24-18-10-3-1-8-16(18)17-9-2-4-11-19(17)24/h1-12,14-15,26-27H,13H2. The summed E-state index contributed by atoms with van der Waals surface area (Å²) in [5, 5.41) is 21.2. The van der Waals surface area contributed by atoms with Crippen molar-refractivity contribution < 1.29 is 10.2 Å². The minimum atomic E-state index is 0.173. The number of aromatic hydroxyl groups is 1. The number of phenols is 1. The molecule has 0 fully saturated rings. The maximum absolute atomic E-state index is 10.7. The van der Waals surface area contributed by atoms with Crippen LogP contribution in [0.25, 0.3) is 22.3 Å². The molecule has 130 valence electrons. The second kappa shape index (κ2) is 6.03. The molecule has 2 nitrogen and oxygen atoms in total. The Morgan fingerprint density at radius 2 is 1.07 bits per heavy atom. The van der Waals surface area contributed by atoms with E-state index < -0.39 is 0 Å². The summed E-state index contributed by atoms with van der Waals surface area (Å²) < 4.78 is 0. The number of rotatable bonds is 1. The summed E-state index contributed by atoms with van der Waals surface area (Å²) in [6.07, 6.45) is 4.40. The third kappa shape index (κ3) is 2.34. The van der Waals surface area contributed by atoms with Crippen molar-refractivity contribution in [2.45, 2.75) is 6.42 Å². The summed E-state index contributed by atoms with van der Waals surface area (Å²) in [5.41, 5.74) is 8.29. The first-order chi connectivity index (χ1) is 13.3. The molecule has 0 unspecified atom stereocenters. The van der Waals surface area contributed by atoms with Crippen LogP contribution >= 0.6 is 0 Å². The molecule has 0 bridgehead atoms. The molecule has 3 aromatic carbocycles. The van der Waals surface area contributed by atoms with Gasteiger partial charge in [0.05, 0.1) is 0 Å². The van der Waals surface area contributed by atoms with Crippen molar-refractivity contribution in [1.29, 1.82) is 0 Å². The van der Waals surface area contributed by atoms with E-state index in [-0.39, 0.29) is 11.5 Å². The van der Waals surface area contributed by atoms with E-state index in [0.717, 1.165) is 11.1 Å². The second-order valence-corrected chi connectivity index (χ2v) is 6.83. The molecule has 0 heterocycles. The van der Waals surface area contributed by atoms with Crippen LogP contribution in [0.2, 0.25) is 0 Å². The van der Waals surface area contributed by atoms with E-state index in [9.17, 15) is 10.2 Å². The molecule has 27 heavy (non-hydrogen) atoms. The summed E-state index contributed by atoms with van der Waals surface area (Å²) in [6.45, 7) is 0. The molecule has 3 aromatic rings. The molecule has 2 aliphatic rings. The summed E-state index contributed by atoms with van der Waals surface area (Å²) in [5.74, 6) is 0.360. The van der Waals surface area contributed by atoms with Crippen LogP contribution in [0, 0.1) is 0 Å². The number of hydrogen-bond donors (Lipinski definition) is 2. The van der Waals surface area contributed by atoms with Crippen molar-refractivity contribution in [2.75, 3.05) is 0 Å². The predicted molar refractivity (Wildman–Crippen MR) is 109 cm³/mol. The molecule has 2 aliphatic carbocycles. The first-order valence-corrected chi connectivity index (χ1v) is 9.06. The van der Waals surface area contributed by atoms with Crippen molar-refractivity contribution in [3.63, 3.8) is 0 Å². The normalized spacial score (nSPS) is 15.1. The summed E-state index contributed by atoms with van der Waals surface area (Å²) in [6, 6.07) is 24.0. The lowest BCUT2D eigenvalue weighted by Gasteiger charge is -2.21. The van der Waals surface area contributed by atoms with Crippen molar-refractivity contribution in [3.05, 3.63) is 113 Å². The monoisotopic (exact) mass is 350 g/mol. The van der Waals surface area contributed by atoms with Gasteiger partial charge in [0.1, 0.15) is 11.5 Å². The number of hydrogen-bond acceptors (Lipinski definition) is 2. The van der Waals surface area contributed by atoms with Crippen LogP contribution in [0.1, 0.15) is 23.1 Å². The van der Waals surface area contributed by atoms with Gasteiger partial charge in [0.25, 0.3) is 0 Å². The van der Waals surface area contributed by atoms with Crippen LogP contribution in [0.15, 0.2) is 96.3 Å². The molecule has 0 spiro atoms. The molecule has 0 aromatic heterocycles. The minimum absolute atomic E-state index is 0.173. The van der Waals surface area contributed by atoms with Gasteiger partial charge in [0.2, 0.25) is 0 Å². The van der Waals surface area contributed by atoms with Gasteiger partial charge in [-0.2, -0.15) is 0 Å². The highest BCUT2D eigenvalue weighted by Gasteiger charge is 2.29. The highest BCUT2D eigenvalue weighted by atomic mass is 16.3. The molecule has 0 radical (unpaired) electrons. The number of aliphatic hydroxyl groups is 1. The zero-order chi connectivity index (χ0) is 18.4. The zero-order valence-electron chi connectivity index (χ0n) is 14.7. The first-order valence-electron chi connectivity index (χ1n) is 9.06. The van der Waals surface area contributed by atoms with E-state index in [1.54, 1.807) is 18.2 Å². The van der Waals surface area contributed by atoms with Crippen LogP contribution in [0.4, 0.5) is 0 Å². The van der Waals surface area contributed by atoms with Crippen molar-refractivity contribution >= 4 is 11.1 Å². The van der Waals surface area contributed by atoms with Gasteiger partial charge in [-0.05, 0) is 52.0 Å². The lowest BCUT2D eigenvalue weighted by molar-refractivity contribution is 0.432. The number of phenolic OH excluding ortho intramolecular Hbond substituents is 1. The average Bonchev–Trinajstić information content (AvgIpc) is 3.03. The van der Waals surface area contributed by atoms with Crippen LogP contribution < -0.4 is 0 Å². The van der Waals surface area contributed by atoms with E-state index in [1.165, 1.54) is 22.3 Å². The van der Waals surface area contributed by atoms with Crippen molar-refractivity contribution in [3.8, 4) is 16.9 Å². The number of benzene rings is 3. The lowest BCUT2D eigenvalue weighted by Crippen LogP contribution is -2.02. The van der Waals surface area contributed by atoms with Crippen LogP contribution in [0.5, 0.6) is 5.75 Å². The first kappa shape index (κ1) is 15.7. The summed E-state index contributed by atoms with van der Waals surface area (Å²) in [4.78, 5) is 0. The molecular formula is C25H18O2. The third-order valence-electron chi connectivity index (χ3n) is 5.31. The molecule has 0 atom stereocenters. The van der Waals surface area contributed by atoms with Gasteiger partial charge in [-0.1, -0.05) is 72.8 Å². The summed E-state index contributed by atoms with van der Waals surface area (Å²) >= 11 is 0. The van der Waals surface area contributed by atoms with Crippen molar-refractivity contribution in [2.24, 2.45) is 0 Å². The topological polar surface area (TPSA) is 40.5 Å². The maximum atomic E-state index is 10.7. The van der Waals surface area contributed by atoms with E-state index in [4.69, 9.17) is 0 Å². The number of fused-ring (bicyclic) bond motifs is 3. The Hall–Kier alpha value is -3.52. The SMILES string of the molecule is OC1=C(c2ccccc2O)C(=C2c3ccccc3-c3ccccc32)CC=C1. The average molecular weight is 350 g/mol. The molecular weight excluding hydrogens is 332 g/mol. The third-order valence-corrected chi connectivity index (χ3v) is 5.31. The van der Waals surface area contributed by atoms with E-state index in [2.05, 4.69) is 36.4 Å². The lowest BCUT2D eigenvalue weighted by atomic mass is 9.84. The molecule has 2 heteroatoms. The van der Waals surface area contributed by atoms with Gasteiger partial charge in [-0.15, -0.1) is 0 Å². The van der Waals surface area contributed by atoms with E-state index in [0.29, 0.717) is 17.6 Å².